The van der Waals surface area contributed by atoms with Crippen LogP contribution in [0.15, 0.2) is 60.4 Å². The molecule has 0 saturated carbocycles. The summed E-state index contributed by atoms with van der Waals surface area (Å²) in [5.74, 6) is -0.307. The van der Waals surface area contributed by atoms with Crippen molar-refractivity contribution < 1.29 is 23.1 Å². The number of amides is 1. The van der Waals surface area contributed by atoms with E-state index in [-0.39, 0.29) is 18.6 Å². The highest BCUT2D eigenvalue weighted by Gasteiger charge is 2.30. The predicted molar refractivity (Wildman–Crippen MR) is 127 cm³/mol. The van der Waals surface area contributed by atoms with Crippen molar-refractivity contribution in [2.24, 2.45) is 7.05 Å². The van der Waals surface area contributed by atoms with E-state index in [4.69, 9.17) is 0 Å². The molecule has 35 heavy (non-hydrogen) atoms. The van der Waals surface area contributed by atoms with Crippen molar-refractivity contribution in [2.45, 2.75) is 18.6 Å². The van der Waals surface area contributed by atoms with Crippen LogP contribution in [0.25, 0.3) is 27.6 Å². The maximum absolute atomic E-state index is 13.1. The summed E-state index contributed by atoms with van der Waals surface area (Å²) in [6.07, 6.45) is -0.593. The summed E-state index contributed by atoms with van der Waals surface area (Å²) in [4.78, 5) is 18.0. The molecule has 2 N–H and O–H groups in total. The molecule has 0 aliphatic rings. The Labute approximate surface area is 201 Å². The van der Waals surface area contributed by atoms with E-state index in [1.165, 1.54) is 23.5 Å². The number of hydrogen-bond acceptors (Lipinski definition) is 5. The van der Waals surface area contributed by atoms with Gasteiger partial charge in [-0.1, -0.05) is 0 Å². The van der Waals surface area contributed by atoms with E-state index in [0.29, 0.717) is 28.8 Å². The number of alkyl halides is 3. The molecule has 0 radical (unpaired) electrons. The number of aliphatic hydroxyl groups is 1. The molecule has 2 aromatic carbocycles. The van der Waals surface area contributed by atoms with Gasteiger partial charge in [0.25, 0.3) is 5.91 Å². The Morgan fingerprint density at radius 2 is 1.94 bits per heavy atom. The number of rotatable bonds is 6. The van der Waals surface area contributed by atoms with Crippen LogP contribution >= 0.6 is 11.3 Å². The van der Waals surface area contributed by atoms with Crippen molar-refractivity contribution in [1.82, 2.24) is 24.6 Å². The SMILES string of the molecule is Cn1cc2c3cc(C(=O)NC(CCO)c4cncs4)ccc3n(-c3ccc(C(F)(F)F)cc3)c2n1. The number of nitrogens with one attached hydrogen (secondary N) is 1. The van der Waals surface area contributed by atoms with Gasteiger partial charge in [-0.05, 0) is 48.9 Å². The number of halogens is 3. The first-order chi connectivity index (χ1) is 16.8. The maximum atomic E-state index is 13.1. The number of nitrogens with zero attached hydrogens (tertiary/aromatic N) is 4. The Balaban J connectivity index is 1.56. The minimum Gasteiger partial charge on any atom is -0.396 e. The third-order valence-electron chi connectivity index (χ3n) is 5.78. The Kier molecular flexibility index (Phi) is 5.81. The topological polar surface area (TPSA) is 85.0 Å². The van der Waals surface area contributed by atoms with Crippen LogP contribution in [0.5, 0.6) is 0 Å². The number of carbonyl (C=O) groups is 1. The van der Waals surface area contributed by atoms with E-state index >= 15 is 0 Å². The molecule has 7 nitrogen and oxygen atoms in total. The second-order valence-corrected chi connectivity index (χ2v) is 9.01. The molecule has 0 aliphatic heterocycles. The van der Waals surface area contributed by atoms with Crippen LogP contribution < -0.4 is 5.32 Å². The molecule has 0 fully saturated rings. The van der Waals surface area contributed by atoms with E-state index in [1.54, 1.807) is 46.2 Å². The van der Waals surface area contributed by atoms with Crippen molar-refractivity contribution in [3.05, 3.63) is 76.4 Å². The van der Waals surface area contributed by atoms with Crippen molar-refractivity contribution in [2.75, 3.05) is 6.61 Å². The molecule has 11 heteroatoms. The van der Waals surface area contributed by atoms with Crippen molar-refractivity contribution in [3.63, 3.8) is 0 Å². The molecule has 3 aromatic heterocycles. The number of carbonyl (C=O) groups excluding carboxylic acids is 1. The summed E-state index contributed by atoms with van der Waals surface area (Å²) in [6, 6.07) is 9.70. The van der Waals surface area contributed by atoms with Gasteiger partial charge in [-0.3, -0.25) is 19.0 Å². The van der Waals surface area contributed by atoms with Gasteiger partial charge in [0, 0.05) is 52.9 Å². The summed E-state index contributed by atoms with van der Waals surface area (Å²) >= 11 is 1.40. The summed E-state index contributed by atoms with van der Waals surface area (Å²) in [5.41, 5.74) is 3.17. The van der Waals surface area contributed by atoms with Crippen LogP contribution in [0.4, 0.5) is 13.2 Å². The predicted octanol–water partition coefficient (Wildman–Crippen LogP) is 4.85. The molecule has 5 aromatic rings. The lowest BCUT2D eigenvalue weighted by molar-refractivity contribution is -0.137. The van der Waals surface area contributed by atoms with Crippen molar-refractivity contribution in [3.8, 4) is 5.69 Å². The summed E-state index contributed by atoms with van der Waals surface area (Å²) in [5, 5.41) is 18.4. The minimum atomic E-state index is -4.42. The van der Waals surface area contributed by atoms with Crippen LogP contribution in [0, 0.1) is 0 Å². The average Bonchev–Trinajstić information content (AvgIpc) is 3.54. The number of benzene rings is 2. The smallest absolute Gasteiger partial charge is 0.396 e. The molecule has 1 amide bonds. The van der Waals surface area contributed by atoms with Gasteiger partial charge in [-0.25, -0.2) is 0 Å². The molecule has 0 bridgehead atoms. The molecule has 1 atom stereocenters. The zero-order valence-corrected chi connectivity index (χ0v) is 19.3. The highest BCUT2D eigenvalue weighted by molar-refractivity contribution is 7.09. The number of aryl methyl sites for hydroxylation is 1. The molecule has 0 spiro atoms. The van der Waals surface area contributed by atoms with Crippen LogP contribution in [-0.2, 0) is 13.2 Å². The Hall–Kier alpha value is -3.70. The molecule has 1 unspecified atom stereocenters. The number of hydrogen-bond donors (Lipinski definition) is 2. The fourth-order valence-corrected chi connectivity index (χ4v) is 4.85. The maximum Gasteiger partial charge on any atom is 0.416 e. The van der Waals surface area contributed by atoms with E-state index in [1.807, 2.05) is 6.20 Å². The molecule has 180 valence electrons. The fraction of sp³-hybridized carbons (Fsp3) is 0.208. The van der Waals surface area contributed by atoms with Crippen LogP contribution in [0.1, 0.15) is 33.3 Å². The lowest BCUT2D eigenvalue weighted by Crippen LogP contribution is -2.28. The van der Waals surface area contributed by atoms with E-state index in [9.17, 15) is 23.1 Å². The number of fused-ring (bicyclic) bond motifs is 3. The van der Waals surface area contributed by atoms with Crippen LogP contribution in [-0.4, -0.2) is 37.0 Å². The number of aliphatic hydroxyl groups excluding tert-OH is 1. The van der Waals surface area contributed by atoms with Gasteiger partial charge in [0.05, 0.1) is 22.6 Å². The quantitative estimate of drug-likeness (QED) is 0.350. The fourth-order valence-electron chi connectivity index (χ4n) is 4.15. The van der Waals surface area contributed by atoms with E-state index in [0.717, 1.165) is 27.8 Å². The first kappa shape index (κ1) is 23.1. The molecule has 3 heterocycles. The minimum absolute atomic E-state index is 0.0891. The van der Waals surface area contributed by atoms with E-state index in [2.05, 4.69) is 15.4 Å². The van der Waals surface area contributed by atoms with Gasteiger partial charge in [-0.15, -0.1) is 11.3 Å². The Bertz CT molecular complexity index is 1500. The highest BCUT2D eigenvalue weighted by atomic mass is 32.1. The molecule has 0 aliphatic carbocycles. The first-order valence-corrected chi connectivity index (χ1v) is 11.6. The largest absolute Gasteiger partial charge is 0.416 e. The average molecular weight is 500 g/mol. The third kappa shape index (κ3) is 4.28. The zero-order chi connectivity index (χ0) is 24.7. The normalized spacial score (nSPS) is 12.9. The molecular formula is C24H20F3N5O2S. The first-order valence-electron chi connectivity index (χ1n) is 10.7. The standard InChI is InChI=1S/C24H20F3N5O2S/c1-31-12-18-17-10-14(23(34)29-19(8-9-33)21-11-28-13-35-21)2-7-20(17)32(22(18)30-31)16-5-3-15(4-6-16)24(25,26)27/h2-7,10-13,19,33H,8-9H2,1H3,(H,29,34). The second kappa shape index (κ2) is 8.82. The van der Waals surface area contributed by atoms with Gasteiger partial charge in [0.1, 0.15) is 0 Å². The molecule has 5 rings (SSSR count). The van der Waals surface area contributed by atoms with Gasteiger partial charge >= 0.3 is 6.18 Å². The molecular weight excluding hydrogens is 479 g/mol. The van der Waals surface area contributed by atoms with Gasteiger partial charge in [0.15, 0.2) is 5.65 Å². The van der Waals surface area contributed by atoms with Crippen molar-refractivity contribution >= 4 is 39.2 Å². The summed E-state index contributed by atoms with van der Waals surface area (Å²) < 4.78 is 42.5. The lowest BCUT2D eigenvalue weighted by Gasteiger charge is -2.16. The molecule has 0 saturated heterocycles. The lowest BCUT2D eigenvalue weighted by atomic mass is 10.1. The van der Waals surface area contributed by atoms with E-state index < -0.39 is 11.7 Å². The van der Waals surface area contributed by atoms with Gasteiger partial charge in [0.2, 0.25) is 0 Å². The van der Waals surface area contributed by atoms with Gasteiger partial charge < -0.3 is 10.4 Å². The highest BCUT2D eigenvalue weighted by Crippen LogP contribution is 2.34. The number of aromatic nitrogens is 4. The van der Waals surface area contributed by atoms with Crippen LogP contribution in [0.3, 0.4) is 0 Å². The zero-order valence-electron chi connectivity index (χ0n) is 18.5. The van der Waals surface area contributed by atoms with Gasteiger partial charge in [-0.2, -0.15) is 18.3 Å². The Morgan fingerprint density at radius 3 is 2.60 bits per heavy atom. The third-order valence-corrected chi connectivity index (χ3v) is 6.67. The van der Waals surface area contributed by atoms with Crippen LogP contribution in [0.2, 0.25) is 0 Å². The second-order valence-electron chi connectivity index (χ2n) is 8.09. The monoisotopic (exact) mass is 499 g/mol. The number of thiazole rings is 1. The Morgan fingerprint density at radius 1 is 1.17 bits per heavy atom. The van der Waals surface area contributed by atoms with Crippen molar-refractivity contribution in [1.29, 1.82) is 0 Å². The summed E-state index contributed by atoms with van der Waals surface area (Å²) in [6.45, 7) is -0.0891. The summed E-state index contributed by atoms with van der Waals surface area (Å²) in [7, 11) is 1.76.